The summed E-state index contributed by atoms with van der Waals surface area (Å²) in [5.74, 6) is 0.467. The standard InChI is InChI=1S/C11H20N2O/c1-12(2)10-7-13(8-10)9-4-3-5-11(14)6-9/h9-10H,3-8H2,1-2H3. The molecule has 0 aromatic heterocycles. The molecule has 14 heavy (non-hydrogen) atoms. The largest absolute Gasteiger partial charge is 0.304 e. The third-order valence-electron chi connectivity index (χ3n) is 3.59. The molecule has 0 spiro atoms. The van der Waals surface area contributed by atoms with Gasteiger partial charge in [-0.05, 0) is 26.9 Å². The molecule has 1 unspecified atom stereocenters. The Bertz CT molecular complexity index is 221. The van der Waals surface area contributed by atoms with Crippen LogP contribution in [0.4, 0.5) is 0 Å². The lowest BCUT2D eigenvalue weighted by atomic mass is 9.90. The van der Waals surface area contributed by atoms with Crippen molar-refractivity contribution in [1.82, 2.24) is 9.80 Å². The van der Waals surface area contributed by atoms with E-state index in [9.17, 15) is 4.79 Å². The van der Waals surface area contributed by atoms with Crippen molar-refractivity contribution in [3.63, 3.8) is 0 Å². The molecule has 1 aliphatic carbocycles. The minimum Gasteiger partial charge on any atom is -0.304 e. The molecule has 1 saturated heterocycles. The van der Waals surface area contributed by atoms with Gasteiger partial charge in [0, 0.05) is 38.0 Å². The lowest BCUT2D eigenvalue weighted by molar-refractivity contribution is -0.123. The van der Waals surface area contributed by atoms with Crippen molar-refractivity contribution in [3.05, 3.63) is 0 Å². The Morgan fingerprint density at radius 1 is 1.36 bits per heavy atom. The van der Waals surface area contributed by atoms with Crippen LogP contribution < -0.4 is 0 Å². The zero-order valence-electron chi connectivity index (χ0n) is 9.20. The van der Waals surface area contributed by atoms with Crippen LogP contribution >= 0.6 is 0 Å². The van der Waals surface area contributed by atoms with Gasteiger partial charge < -0.3 is 4.90 Å². The Hall–Kier alpha value is -0.410. The molecule has 1 heterocycles. The molecule has 0 N–H and O–H groups in total. The Kier molecular flexibility index (Phi) is 2.88. The highest BCUT2D eigenvalue weighted by atomic mass is 16.1. The van der Waals surface area contributed by atoms with Gasteiger partial charge in [0.25, 0.3) is 0 Å². The Morgan fingerprint density at radius 2 is 2.07 bits per heavy atom. The molecule has 1 atom stereocenters. The number of Topliss-reactive ketones (excluding diaryl/α,β-unsaturated/α-hetero) is 1. The van der Waals surface area contributed by atoms with Crippen molar-refractivity contribution >= 4 is 5.78 Å². The summed E-state index contributed by atoms with van der Waals surface area (Å²) in [5, 5.41) is 0. The van der Waals surface area contributed by atoms with E-state index in [0.29, 0.717) is 17.9 Å². The highest BCUT2D eigenvalue weighted by Crippen LogP contribution is 2.25. The Labute approximate surface area is 86.1 Å². The fourth-order valence-corrected chi connectivity index (χ4v) is 2.43. The second kappa shape index (κ2) is 3.99. The molecule has 1 aliphatic heterocycles. The van der Waals surface area contributed by atoms with Gasteiger partial charge in [0.15, 0.2) is 0 Å². The number of likely N-dealkylation sites (N-methyl/N-ethyl adjacent to an activating group) is 1. The molecule has 0 aromatic carbocycles. The van der Waals surface area contributed by atoms with Gasteiger partial charge in [-0.25, -0.2) is 0 Å². The number of ketones is 1. The quantitative estimate of drug-likeness (QED) is 0.651. The molecule has 80 valence electrons. The lowest BCUT2D eigenvalue weighted by Gasteiger charge is -2.47. The molecular formula is C11H20N2O. The second-order valence-electron chi connectivity index (χ2n) is 4.86. The molecule has 0 radical (unpaired) electrons. The molecule has 3 nitrogen and oxygen atoms in total. The number of likely N-dealkylation sites (tertiary alicyclic amines) is 1. The maximum absolute atomic E-state index is 11.3. The van der Waals surface area contributed by atoms with E-state index < -0.39 is 0 Å². The number of carbonyl (C=O) groups is 1. The molecule has 2 rings (SSSR count). The van der Waals surface area contributed by atoms with Gasteiger partial charge >= 0.3 is 0 Å². The van der Waals surface area contributed by atoms with Crippen molar-refractivity contribution in [3.8, 4) is 0 Å². The van der Waals surface area contributed by atoms with E-state index in [1.54, 1.807) is 0 Å². The average Bonchev–Trinajstić information content (AvgIpc) is 2.00. The third kappa shape index (κ3) is 1.98. The van der Waals surface area contributed by atoms with E-state index in [0.717, 1.165) is 32.4 Å². The highest BCUT2D eigenvalue weighted by Gasteiger charge is 2.35. The highest BCUT2D eigenvalue weighted by molar-refractivity contribution is 5.79. The maximum atomic E-state index is 11.3. The van der Waals surface area contributed by atoms with Crippen molar-refractivity contribution in [1.29, 1.82) is 0 Å². The van der Waals surface area contributed by atoms with Crippen LogP contribution in [0, 0.1) is 0 Å². The summed E-state index contributed by atoms with van der Waals surface area (Å²) >= 11 is 0. The van der Waals surface area contributed by atoms with Gasteiger partial charge in [-0.3, -0.25) is 9.69 Å². The summed E-state index contributed by atoms with van der Waals surface area (Å²) < 4.78 is 0. The van der Waals surface area contributed by atoms with E-state index in [2.05, 4.69) is 23.9 Å². The Morgan fingerprint density at radius 3 is 2.64 bits per heavy atom. The number of hydrogen-bond donors (Lipinski definition) is 0. The van der Waals surface area contributed by atoms with Crippen LogP contribution in [0.25, 0.3) is 0 Å². The summed E-state index contributed by atoms with van der Waals surface area (Å²) in [5.41, 5.74) is 0. The summed E-state index contributed by atoms with van der Waals surface area (Å²) in [4.78, 5) is 16.0. The predicted octanol–water partition coefficient (Wildman–Crippen LogP) is 0.744. The van der Waals surface area contributed by atoms with Crippen LogP contribution in [0.3, 0.4) is 0 Å². The fraction of sp³-hybridized carbons (Fsp3) is 0.909. The van der Waals surface area contributed by atoms with Crippen molar-refractivity contribution < 1.29 is 4.79 Å². The number of hydrogen-bond acceptors (Lipinski definition) is 3. The minimum atomic E-state index is 0.467. The van der Waals surface area contributed by atoms with Crippen molar-refractivity contribution in [2.45, 2.75) is 37.8 Å². The average molecular weight is 196 g/mol. The van der Waals surface area contributed by atoms with Crippen LogP contribution in [0.1, 0.15) is 25.7 Å². The van der Waals surface area contributed by atoms with Gasteiger partial charge in [0.2, 0.25) is 0 Å². The van der Waals surface area contributed by atoms with Gasteiger partial charge in [-0.1, -0.05) is 0 Å². The van der Waals surface area contributed by atoms with Crippen LogP contribution in [-0.2, 0) is 4.79 Å². The van der Waals surface area contributed by atoms with E-state index in [-0.39, 0.29) is 0 Å². The first-order valence-corrected chi connectivity index (χ1v) is 5.59. The monoisotopic (exact) mass is 196 g/mol. The molecule has 0 aromatic rings. The Balaban J connectivity index is 1.78. The van der Waals surface area contributed by atoms with E-state index >= 15 is 0 Å². The number of rotatable bonds is 2. The fourth-order valence-electron chi connectivity index (χ4n) is 2.43. The van der Waals surface area contributed by atoms with Gasteiger partial charge in [0.1, 0.15) is 5.78 Å². The summed E-state index contributed by atoms with van der Waals surface area (Å²) in [6.07, 6.45) is 3.96. The first-order chi connectivity index (χ1) is 6.66. The second-order valence-corrected chi connectivity index (χ2v) is 4.86. The third-order valence-corrected chi connectivity index (χ3v) is 3.59. The number of nitrogens with zero attached hydrogens (tertiary/aromatic N) is 2. The zero-order chi connectivity index (χ0) is 10.1. The molecule has 0 bridgehead atoms. The molecule has 1 saturated carbocycles. The summed E-state index contributed by atoms with van der Waals surface area (Å²) in [7, 11) is 4.27. The van der Waals surface area contributed by atoms with Gasteiger partial charge in [-0.15, -0.1) is 0 Å². The van der Waals surface area contributed by atoms with Crippen LogP contribution in [-0.4, -0.2) is 54.9 Å². The first kappa shape index (κ1) is 10.1. The molecular weight excluding hydrogens is 176 g/mol. The summed E-state index contributed by atoms with van der Waals surface area (Å²) in [6, 6.07) is 1.28. The van der Waals surface area contributed by atoms with Crippen LogP contribution in [0.5, 0.6) is 0 Å². The smallest absolute Gasteiger partial charge is 0.134 e. The van der Waals surface area contributed by atoms with Crippen LogP contribution in [0.2, 0.25) is 0 Å². The molecule has 2 fully saturated rings. The van der Waals surface area contributed by atoms with E-state index in [1.807, 2.05) is 0 Å². The van der Waals surface area contributed by atoms with E-state index in [4.69, 9.17) is 0 Å². The van der Waals surface area contributed by atoms with Gasteiger partial charge in [0.05, 0.1) is 0 Å². The molecule has 0 amide bonds. The number of carbonyl (C=O) groups excluding carboxylic acids is 1. The van der Waals surface area contributed by atoms with Gasteiger partial charge in [-0.2, -0.15) is 0 Å². The molecule has 3 heteroatoms. The topological polar surface area (TPSA) is 23.6 Å². The predicted molar refractivity (Wildman–Crippen MR) is 56.3 cm³/mol. The lowest BCUT2D eigenvalue weighted by Crippen LogP contribution is -2.61. The van der Waals surface area contributed by atoms with E-state index in [1.165, 1.54) is 6.42 Å². The van der Waals surface area contributed by atoms with Crippen LogP contribution in [0.15, 0.2) is 0 Å². The maximum Gasteiger partial charge on any atom is 0.134 e. The first-order valence-electron chi connectivity index (χ1n) is 5.59. The van der Waals surface area contributed by atoms with Crippen molar-refractivity contribution in [2.24, 2.45) is 0 Å². The molecule has 2 aliphatic rings. The zero-order valence-corrected chi connectivity index (χ0v) is 9.20. The minimum absolute atomic E-state index is 0.467. The normalized spacial score (nSPS) is 30.8. The summed E-state index contributed by atoms with van der Waals surface area (Å²) in [6.45, 7) is 2.32. The SMILES string of the molecule is CN(C)C1CN(C2CCCC(=O)C2)C1. The van der Waals surface area contributed by atoms with Crippen molar-refractivity contribution in [2.75, 3.05) is 27.2 Å².